The summed E-state index contributed by atoms with van der Waals surface area (Å²) in [6.07, 6.45) is 5.38. The molecule has 0 radical (unpaired) electrons. The fraction of sp³-hybridized carbons (Fsp3) is 0.625. The molecule has 0 saturated heterocycles. The third-order valence-corrected chi connectivity index (χ3v) is 4.84. The summed E-state index contributed by atoms with van der Waals surface area (Å²) in [6.45, 7) is 4.46. The zero-order valence-electron chi connectivity index (χ0n) is 11.6. The molecule has 0 aromatic heterocycles. The quantitative estimate of drug-likeness (QED) is 0.880. The number of aryl methyl sites for hydroxylation is 1. The summed E-state index contributed by atoms with van der Waals surface area (Å²) in [5.41, 5.74) is 3.23. The summed E-state index contributed by atoms with van der Waals surface area (Å²) in [5.74, 6) is 1.11. The molecule has 2 heteroatoms. The fourth-order valence-corrected chi connectivity index (χ4v) is 3.30. The summed E-state index contributed by atoms with van der Waals surface area (Å²) in [4.78, 5) is 0. The number of benzene rings is 1. The first-order valence-corrected chi connectivity index (χ1v) is 7.06. The lowest BCUT2D eigenvalue weighted by atomic mass is 9.89. The fourth-order valence-electron chi connectivity index (χ4n) is 3.30. The molecule has 1 aromatic carbocycles. The van der Waals surface area contributed by atoms with Gasteiger partial charge in [0.05, 0.1) is 0 Å². The molecule has 1 saturated carbocycles. The highest BCUT2D eigenvalue weighted by Crippen LogP contribution is 2.53. The molecule has 2 unspecified atom stereocenters. The molecule has 0 spiro atoms. The Kier molecular flexibility index (Phi) is 2.86. The maximum Gasteiger partial charge on any atom is 0.123 e. The summed E-state index contributed by atoms with van der Waals surface area (Å²) in [7, 11) is 2.07. The van der Waals surface area contributed by atoms with Gasteiger partial charge >= 0.3 is 0 Å². The van der Waals surface area contributed by atoms with E-state index in [4.69, 9.17) is 4.74 Å². The molecule has 1 N–H and O–H groups in total. The SMILES string of the molecule is CNC(C)C1(CC2Cc3cc(C)ccc3O2)CC1. The molecule has 3 rings (SSSR count). The standard InChI is InChI=1S/C16H23NO/c1-11-4-5-15-13(8-11)9-14(18-15)10-16(6-7-16)12(2)17-3/h4-5,8,12,14,17H,6-7,9-10H2,1-3H3. The molecule has 2 aliphatic rings. The Morgan fingerprint density at radius 1 is 1.44 bits per heavy atom. The predicted octanol–water partition coefficient (Wildman–Crippen LogP) is 3.08. The second-order valence-corrected chi connectivity index (χ2v) is 6.13. The second kappa shape index (κ2) is 4.27. The number of ether oxygens (including phenoxy) is 1. The van der Waals surface area contributed by atoms with E-state index >= 15 is 0 Å². The lowest BCUT2D eigenvalue weighted by molar-refractivity contribution is 0.170. The van der Waals surface area contributed by atoms with Gasteiger partial charge in [-0.1, -0.05) is 17.7 Å². The van der Waals surface area contributed by atoms with Gasteiger partial charge in [-0.2, -0.15) is 0 Å². The van der Waals surface area contributed by atoms with E-state index in [1.54, 1.807) is 0 Å². The Morgan fingerprint density at radius 2 is 2.22 bits per heavy atom. The largest absolute Gasteiger partial charge is 0.490 e. The van der Waals surface area contributed by atoms with E-state index in [9.17, 15) is 0 Å². The molecule has 98 valence electrons. The van der Waals surface area contributed by atoms with Crippen molar-refractivity contribution in [1.29, 1.82) is 0 Å². The number of hydrogen-bond acceptors (Lipinski definition) is 2. The average Bonchev–Trinajstić information content (AvgIpc) is 3.02. The van der Waals surface area contributed by atoms with E-state index < -0.39 is 0 Å². The van der Waals surface area contributed by atoms with Crippen molar-refractivity contribution in [3.05, 3.63) is 29.3 Å². The van der Waals surface area contributed by atoms with Crippen LogP contribution in [-0.4, -0.2) is 19.2 Å². The van der Waals surface area contributed by atoms with E-state index in [-0.39, 0.29) is 0 Å². The van der Waals surface area contributed by atoms with Crippen molar-refractivity contribution in [1.82, 2.24) is 5.32 Å². The van der Waals surface area contributed by atoms with Gasteiger partial charge in [0.2, 0.25) is 0 Å². The summed E-state index contributed by atoms with van der Waals surface area (Å²) in [6, 6.07) is 7.15. The van der Waals surface area contributed by atoms with Crippen LogP contribution in [0.3, 0.4) is 0 Å². The van der Waals surface area contributed by atoms with Gasteiger partial charge in [-0.3, -0.25) is 0 Å². The molecule has 18 heavy (non-hydrogen) atoms. The first kappa shape index (κ1) is 12.0. The molecular formula is C16H23NO. The van der Waals surface area contributed by atoms with Gasteiger partial charge in [0.15, 0.2) is 0 Å². The Morgan fingerprint density at radius 3 is 2.89 bits per heavy atom. The average molecular weight is 245 g/mol. The van der Waals surface area contributed by atoms with Crippen molar-refractivity contribution >= 4 is 0 Å². The number of nitrogens with one attached hydrogen (secondary N) is 1. The van der Waals surface area contributed by atoms with Crippen molar-refractivity contribution in [3.8, 4) is 5.75 Å². The zero-order valence-corrected chi connectivity index (χ0v) is 11.6. The Balaban J connectivity index is 1.68. The lowest BCUT2D eigenvalue weighted by Gasteiger charge is -2.25. The highest BCUT2D eigenvalue weighted by molar-refractivity contribution is 5.40. The van der Waals surface area contributed by atoms with Crippen molar-refractivity contribution in [2.75, 3.05) is 7.05 Å². The highest BCUT2D eigenvalue weighted by Gasteiger charge is 2.49. The maximum atomic E-state index is 6.10. The molecule has 1 aromatic rings. The molecule has 1 aliphatic heterocycles. The number of rotatable bonds is 4. The third kappa shape index (κ3) is 2.03. The van der Waals surface area contributed by atoms with E-state index in [0.717, 1.165) is 12.2 Å². The van der Waals surface area contributed by atoms with Gasteiger partial charge in [-0.05, 0) is 57.2 Å². The molecule has 2 nitrogen and oxygen atoms in total. The van der Waals surface area contributed by atoms with Crippen LogP contribution in [-0.2, 0) is 6.42 Å². The summed E-state index contributed by atoms with van der Waals surface area (Å²) >= 11 is 0. The third-order valence-electron chi connectivity index (χ3n) is 4.84. The Hall–Kier alpha value is -1.02. The zero-order chi connectivity index (χ0) is 12.8. The number of hydrogen-bond donors (Lipinski definition) is 1. The van der Waals surface area contributed by atoms with E-state index in [1.165, 1.54) is 30.4 Å². The van der Waals surface area contributed by atoms with Crippen LogP contribution in [0.2, 0.25) is 0 Å². The van der Waals surface area contributed by atoms with Crippen LogP contribution in [0.1, 0.15) is 37.3 Å². The summed E-state index contributed by atoms with van der Waals surface area (Å²) in [5, 5.41) is 3.42. The van der Waals surface area contributed by atoms with Crippen molar-refractivity contribution < 1.29 is 4.74 Å². The van der Waals surface area contributed by atoms with Crippen LogP contribution in [0.4, 0.5) is 0 Å². The van der Waals surface area contributed by atoms with Gasteiger partial charge in [0.1, 0.15) is 11.9 Å². The van der Waals surface area contributed by atoms with Gasteiger partial charge in [0, 0.05) is 12.5 Å². The maximum absolute atomic E-state index is 6.10. The van der Waals surface area contributed by atoms with Crippen molar-refractivity contribution in [2.24, 2.45) is 5.41 Å². The van der Waals surface area contributed by atoms with E-state index in [0.29, 0.717) is 17.6 Å². The van der Waals surface area contributed by atoms with E-state index in [2.05, 4.69) is 44.4 Å². The van der Waals surface area contributed by atoms with Gasteiger partial charge in [-0.15, -0.1) is 0 Å². The lowest BCUT2D eigenvalue weighted by Crippen LogP contribution is -2.35. The monoisotopic (exact) mass is 245 g/mol. The minimum Gasteiger partial charge on any atom is -0.490 e. The normalized spacial score (nSPS) is 25.4. The Bertz CT molecular complexity index is 450. The predicted molar refractivity (Wildman–Crippen MR) is 74.1 cm³/mol. The molecule has 2 atom stereocenters. The molecule has 0 amide bonds. The smallest absolute Gasteiger partial charge is 0.123 e. The van der Waals surface area contributed by atoms with Gasteiger partial charge in [-0.25, -0.2) is 0 Å². The van der Waals surface area contributed by atoms with Gasteiger partial charge in [0.25, 0.3) is 0 Å². The number of fused-ring (bicyclic) bond motifs is 1. The van der Waals surface area contributed by atoms with Crippen molar-refractivity contribution in [2.45, 2.75) is 51.7 Å². The van der Waals surface area contributed by atoms with Crippen LogP contribution < -0.4 is 10.1 Å². The molecule has 1 heterocycles. The molecule has 1 aliphatic carbocycles. The van der Waals surface area contributed by atoms with Gasteiger partial charge < -0.3 is 10.1 Å². The van der Waals surface area contributed by atoms with Crippen molar-refractivity contribution in [3.63, 3.8) is 0 Å². The van der Waals surface area contributed by atoms with E-state index in [1.807, 2.05) is 0 Å². The summed E-state index contributed by atoms with van der Waals surface area (Å²) < 4.78 is 6.10. The highest BCUT2D eigenvalue weighted by atomic mass is 16.5. The van der Waals surface area contributed by atoms with Crippen LogP contribution in [0.25, 0.3) is 0 Å². The Labute approximate surface area is 110 Å². The van der Waals surface area contributed by atoms with Crippen LogP contribution in [0.15, 0.2) is 18.2 Å². The second-order valence-electron chi connectivity index (χ2n) is 6.13. The van der Waals surface area contributed by atoms with Crippen LogP contribution in [0, 0.1) is 12.3 Å². The topological polar surface area (TPSA) is 21.3 Å². The van der Waals surface area contributed by atoms with Crippen LogP contribution >= 0.6 is 0 Å². The first-order chi connectivity index (χ1) is 8.63. The van der Waals surface area contributed by atoms with Crippen LogP contribution in [0.5, 0.6) is 5.75 Å². The minimum absolute atomic E-state index is 0.389. The minimum atomic E-state index is 0.389. The molecule has 0 bridgehead atoms. The molecule has 1 fully saturated rings. The first-order valence-electron chi connectivity index (χ1n) is 7.06. The molecular weight excluding hydrogens is 222 g/mol.